The molecule has 2 N–H and O–H groups in total. The molecule has 5 heteroatoms. The molecule has 0 radical (unpaired) electrons. The molecule has 2 rings (SSSR count). The van der Waals surface area contributed by atoms with E-state index in [0.717, 1.165) is 16.7 Å². The maximum atomic E-state index is 12.0. The molecule has 1 aromatic heterocycles. The van der Waals surface area contributed by atoms with Crippen molar-refractivity contribution < 1.29 is 14.6 Å². The summed E-state index contributed by atoms with van der Waals surface area (Å²) in [7, 11) is 1.65. The van der Waals surface area contributed by atoms with Crippen molar-refractivity contribution in [1.29, 1.82) is 0 Å². The van der Waals surface area contributed by atoms with E-state index in [2.05, 4.69) is 5.32 Å². The molecule has 0 spiro atoms. The Labute approximate surface area is 130 Å². The van der Waals surface area contributed by atoms with E-state index in [1.54, 1.807) is 7.11 Å². The lowest BCUT2D eigenvalue weighted by atomic mass is 10.1. The smallest absolute Gasteiger partial charge is 0.222 e. The third-order valence-electron chi connectivity index (χ3n) is 3.90. The molecule has 0 aliphatic carbocycles. The zero-order valence-corrected chi connectivity index (χ0v) is 13.4. The number of nitrogens with zero attached hydrogens (tertiary/aromatic N) is 1. The van der Waals surface area contributed by atoms with E-state index >= 15 is 0 Å². The summed E-state index contributed by atoms with van der Waals surface area (Å²) in [5.74, 6) is 0.962. The first-order valence-corrected chi connectivity index (χ1v) is 7.59. The standard InChI is InChI=1S/C17H24N2O3/c1-12(2)14(11-20)18-16(21)8-10-19-9-7-13-5-4-6-15(22-3)17(13)19/h4-7,9,12,14,20H,8,10-11H2,1-3H3,(H,18,21)/t14-/m0/s1. The molecule has 1 atom stereocenters. The average molecular weight is 304 g/mol. The van der Waals surface area contributed by atoms with Gasteiger partial charge < -0.3 is 19.7 Å². The van der Waals surface area contributed by atoms with Crippen LogP contribution >= 0.6 is 0 Å². The Morgan fingerprint density at radius 2 is 2.14 bits per heavy atom. The highest BCUT2D eigenvalue weighted by Crippen LogP contribution is 2.26. The molecule has 0 saturated heterocycles. The molecule has 120 valence electrons. The van der Waals surface area contributed by atoms with Gasteiger partial charge in [-0.15, -0.1) is 0 Å². The predicted molar refractivity (Wildman–Crippen MR) is 87.0 cm³/mol. The van der Waals surface area contributed by atoms with Gasteiger partial charge in [-0.3, -0.25) is 4.79 Å². The number of benzene rings is 1. The molecular weight excluding hydrogens is 280 g/mol. The fourth-order valence-electron chi connectivity index (χ4n) is 2.50. The van der Waals surface area contributed by atoms with Crippen LogP contribution in [0.4, 0.5) is 0 Å². The third kappa shape index (κ3) is 3.60. The summed E-state index contributed by atoms with van der Waals surface area (Å²) in [5.41, 5.74) is 1.00. The van der Waals surface area contributed by atoms with Crippen LogP contribution < -0.4 is 10.1 Å². The van der Waals surface area contributed by atoms with Crippen LogP contribution in [0.15, 0.2) is 30.5 Å². The number of nitrogens with one attached hydrogen (secondary N) is 1. The normalized spacial score (nSPS) is 12.6. The summed E-state index contributed by atoms with van der Waals surface area (Å²) >= 11 is 0. The number of hydrogen-bond acceptors (Lipinski definition) is 3. The lowest BCUT2D eigenvalue weighted by Gasteiger charge is -2.20. The Morgan fingerprint density at radius 1 is 1.36 bits per heavy atom. The van der Waals surface area contributed by atoms with Crippen LogP contribution in [0.1, 0.15) is 20.3 Å². The van der Waals surface area contributed by atoms with Gasteiger partial charge in [-0.05, 0) is 18.1 Å². The maximum absolute atomic E-state index is 12.0. The second kappa shape index (κ2) is 7.31. The summed E-state index contributed by atoms with van der Waals surface area (Å²) in [6.07, 6.45) is 2.33. The summed E-state index contributed by atoms with van der Waals surface area (Å²) in [4.78, 5) is 12.0. The van der Waals surface area contributed by atoms with Gasteiger partial charge in [-0.25, -0.2) is 0 Å². The van der Waals surface area contributed by atoms with E-state index in [-0.39, 0.29) is 24.5 Å². The van der Waals surface area contributed by atoms with E-state index in [4.69, 9.17) is 4.74 Å². The number of carbonyl (C=O) groups is 1. The number of para-hydroxylation sites is 1. The number of carbonyl (C=O) groups excluding carboxylic acids is 1. The van der Waals surface area contributed by atoms with E-state index in [1.165, 1.54) is 0 Å². The number of amides is 1. The van der Waals surface area contributed by atoms with Crippen LogP contribution in [0, 0.1) is 5.92 Å². The quantitative estimate of drug-likeness (QED) is 0.824. The van der Waals surface area contributed by atoms with Crippen molar-refractivity contribution in [1.82, 2.24) is 9.88 Å². The Kier molecular flexibility index (Phi) is 5.44. The van der Waals surface area contributed by atoms with Crippen molar-refractivity contribution >= 4 is 16.8 Å². The zero-order valence-electron chi connectivity index (χ0n) is 13.4. The van der Waals surface area contributed by atoms with E-state index in [0.29, 0.717) is 13.0 Å². The zero-order chi connectivity index (χ0) is 16.1. The molecule has 0 aliphatic rings. The number of aliphatic hydroxyl groups is 1. The lowest BCUT2D eigenvalue weighted by molar-refractivity contribution is -0.122. The molecule has 22 heavy (non-hydrogen) atoms. The number of fused-ring (bicyclic) bond motifs is 1. The Balaban J connectivity index is 2.04. The molecule has 0 unspecified atom stereocenters. The van der Waals surface area contributed by atoms with Crippen LogP contribution in [0.25, 0.3) is 10.9 Å². The second-order valence-electron chi connectivity index (χ2n) is 5.76. The van der Waals surface area contributed by atoms with Gasteiger partial charge in [0.1, 0.15) is 5.75 Å². The number of ether oxygens (including phenoxy) is 1. The third-order valence-corrected chi connectivity index (χ3v) is 3.90. The number of rotatable bonds is 7. The SMILES string of the molecule is COc1cccc2ccn(CCC(=O)N[C@@H](CO)C(C)C)c12. The fourth-order valence-corrected chi connectivity index (χ4v) is 2.50. The minimum Gasteiger partial charge on any atom is -0.495 e. The van der Waals surface area contributed by atoms with Gasteiger partial charge >= 0.3 is 0 Å². The van der Waals surface area contributed by atoms with Gasteiger partial charge in [0.05, 0.1) is 25.3 Å². The number of methoxy groups -OCH3 is 1. The van der Waals surface area contributed by atoms with Gasteiger partial charge in [-0.2, -0.15) is 0 Å². The minimum atomic E-state index is -0.191. The number of aliphatic hydroxyl groups excluding tert-OH is 1. The first-order chi connectivity index (χ1) is 10.6. The summed E-state index contributed by atoms with van der Waals surface area (Å²) in [6, 6.07) is 7.71. The van der Waals surface area contributed by atoms with Gasteiger partial charge in [0.25, 0.3) is 0 Å². The number of hydrogen-bond donors (Lipinski definition) is 2. The highest BCUT2D eigenvalue weighted by atomic mass is 16.5. The van der Waals surface area contributed by atoms with Gasteiger partial charge in [0.15, 0.2) is 0 Å². The molecule has 0 aliphatic heterocycles. The summed E-state index contributed by atoms with van der Waals surface area (Å²) in [5, 5.41) is 13.2. The van der Waals surface area contributed by atoms with Crippen molar-refractivity contribution in [2.45, 2.75) is 32.9 Å². The van der Waals surface area contributed by atoms with Crippen LogP contribution in [0.5, 0.6) is 5.75 Å². The van der Waals surface area contributed by atoms with Gasteiger partial charge in [-0.1, -0.05) is 26.0 Å². The minimum absolute atomic E-state index is 0.0380. The topological polar surface area (TPSA) is 63.5 Å². The Morgan fingerprint density at radius 3 is 2.77 bits per heavy atom. The molecule has 1 amide bonds. The second-order valence-corrected chi connectivity index (χ2v) is 5.76. The van der Waals surface area contributed by atoms with Crippen molar-refractivity contribution in [3.05, 3.63) is 30.5 Å². The first-order valence-electron chi connectivity index (χ1n) is 7.59. The van der Waals surface area contributed by atoms with Gasteiger partial charge in [0.2, 0.25) is 5.91 Å². The number of aryl methyl sites for hydroxylation is 1. The molecule has 2 aromatic rings. The highest BCUT2D eigenvalue weighted by Gasteiger charge is 2.15. The van der Waals surface area contributed by atoms with Crippen molar-refractivity contribution in [3.63, 3.8) is 0 Å². The van der Waals surface area contributed by atoms with E-state index < -0.39 is 0 Å². The molecule has 1 heterocycles. The molecule has 5 nitrogen and oxygen atoms in total. The van der Waals surface area contributed by atoms with Gasteiger partial charge in [0, 0.05) is 24.5 Å². The van der Waals surface area contributed by atoms with Crippen molar-refractivity contribution in [2.75, 3.05) is 13.7 Å². The monoisotopic (exact) mass is 304 g/mol. The predicted octanol–water partition coefficient (Wildman–Crippen LogP) is 2.17. The number of aromatic nitrogens is 1. The fraction of sp³-hybridized carbons (Fsp3) is 0.471. The average Bonchev–Trinajstić information content (AvgIpc) is 2.93. The van der Waals surface area contributed by atoms with Crippen LogP contribution in [-0.4, -0.2) is 35.3 Å². The largest absolute Gasteiger partial charge is 0.495 e. The highest BCUT2D eigenvalue weighted by molar-refractivity contribution is 5.86. The summed E-state index contributed by atoms with van der Waals surface area (Å²) in [6.45, 7) is 4.49. The molecule has 0 saturated carbocycles. The van der Waals surface area contributed by atoms with E-state index in [9.17, 15) is 9.90 Å². The first kappa shape index (κ1) is 16.4. The van der Waals surface area contributed by atoms with E-state index in [1.807, 2.05) is 48.9 Å². The van der Waals surface area contributed by atoms with Crippen LogP contribution in [-0.2, 0) is 11.3 Å². The molecule has 0 bridgehead atoms. The maximum Gasteiger partial charge on any atom is 0.222 e. The summed E-state index contributed by atoms with van der Waals surface area (Å²) < 4.78 is 7.42. The van der Waals surface area contributed by atoms with Crippen molar-refractivity contribution in [3.8, 4) is 5.75 Å². The Hall–Kier alpha value is -2.01. The molecular formula is C17H24N2O3. The van der Waals surface area contributed by atoms with Crippen LogP contribution in [0.3, 0.4) is 0 Å². The van der Waals surface area contributed by atoms with Crippen LogP contribution in [0.2, 0.25) is 0 Å². The van der Waals surface area contributed by atoms with Crippen molar-refractivity contribution in [2.24, 2.45) is 5.92 Å². The molecule has 0 fully saturated rings. The lowest BCUT2D eigenvalue weighted by Crippen LogP contribution is -2.41. The molecule has 1 aromatic carbocycles. The Bertz CT molecular complexity index is 634.